The summed E-state index contributed by atoms with van der Waals surface area (Å²) < 4.78 is 0. The van der Waals surface area contributed by atoms with E-state index in [0.29, 0.717) is 10.6 Å². The highest BCUT2D eigenvalue weighted by Gasteiger charge is 2.19. The normalized spacial score (nSPS) is 15.1. The zero-order valence-electron chi connectivity index (χ0n) is 15.2. The van der Waals surface area contributed by atoms with Gasteiger partial charge in [-0.2, -0.15) is 0 Å². The van der Waals surface area contributed by atoms with Crippen LogP contribution < -0.4 is 10.2 Å². The van der Waals surface area contributed by atoms with Crippen molar-refractivity contribution in [2.24, 2.45) is 0 Å². The van der Waals surface area contributed by atoms with E-state index in [2.05, 4.69) is 27.1 Å². The first kappa shape index (κ1) is 17.8. The van der Waals surface area contributed by atoms with Gasteiger partial charge < -0.3 is 15.1 Å². The topological polar surface area (TPSA) is 48.5 Å². The number of nitrogens with zero attached hydrogens (tertiary/aromatic N) is 3. The van der Waals surface area contributed by atoms with Crippen LogP contribution in [0.4, 0.5) is 11.4 Å². The summed E-state index contributed by atoms with van der Waals surface area (Å²) in [6.45, 7) is 3.81. The van der Waals surface area contributed by atoms with Crippen molar-refractivity contribution in [3.8, 4) is 0 Å². The number of carbonyl (C=O) groups is 1. The molecule has 0 aliphatic carbocycles. The molecule has 0 spiro atoms. The number of hydrogen-bond acceptors (Lipinski definition) is 4. The van der Waals surface area contributed by atoms with Crippen LogP contribution in [0.2, 0.25) is 5.02 Å². The fourth-order valence-corrected chi connectivity index (χ4v) is 3.59. The average Bonchev–Trinajstić information content (AvgIpc) is 2.68. The molecule has 1 fully saturated rings. The number of piperazine rings is 1. The number of rotatable bonds is 3. The molecule has 1 aliphatic rings. The minimum atomic E-state index is -0.161. The van der Waals surface area contributed by atoms with E-state index in [9.17, 15) is 4.79 Å². The second kappa shape index (κ2) is 7.55. The third kappa shape index (κ3) is 3.75. The summed E-state index contributed by atoms with van der Waals surface area (Å²) in [5.41, 5.74) is 3.14. The largest absolute Gasteiger partial charge is 0.367 e. The van der Waals surface area contributed by atoms with Crippen LogP contribution in [-0.4, -0.2) is 49.0 Å². The number of benzene rings is 2. The Hall–Kier alpha value is -2.63. The summed E-state index contributed by atoms with van der Waals surface area (Å²) in [6, 6.07) is 15.1. The van der Waals surface area contributed by atoms with Gasteiger partial charge in [-0.25, -0.2) is 0 Å². The van der Waals surface area contributed by atoms with E-state index in [0.717, 1.165) is 48.5 Å². The van der Waals surface area contributed by atoms with Crippen molar-refractivity contribution in [2.75, 3.05) is 43.4 Å². The SMILES string of the molecule is CN1CCN(c2ccc(Cl)cc2NC(=O)c2ccnc3ccccc23)CC1. The second-order valence-electron chi connectivity index (χ2n) is 6.78. The first-order valence-corrected chi connectivity index (χ1v) is 9.38. The standard InChI is InChI=1S/C21H21ClN4O/c1-25-10-12-26(13-11-25)20-7-6-15(22)14-19(20)24-21(27)17-8-9-23-18-5-3-2-4-16(17)18/h2-9,14H,10-13H2,1H3,(H,24,27). The maximum absolute atomic E-state index is 13.0. The fourth-order valence-electron chi connectivity index (χ4n) is 3.41. The van der Waals surface area contributed by atoms with Gasteiger partial charge >= 0.3 is 0 Å². The lowest BCUT2D eigenvalue weighted by atomic mass is 10.1. The quantitative estimate of drug-likeness (QED) is 0.748. The lowest BCUT2D eigenvalue weighted by Gasteiger charge is -2.35. The smallest absolute Gasteiger partial charge is 0.256 e. The Balaban J connectivity index is 1.65. The highest BCUT2D eigenvalue weighted by molar-refractivity contribution is 6.31. The molecule has 0 unspecified atom stereocenters. The van der Waals surface area contributed by atoms with Crippen LogP contribution in [0.15, 0.2) is 54.7 Å². The summed E-state index contributed by atoms with van der Waals surface area (Å²) in [6.07, 6.45) is 1.66. The number of anilines is 2. The van der Waals surface area contributed by atoms with Crippen LogP contribution in [0.3, 0.4) is 0 Å². The van der Waals surface area contributed by atoms with E-state index < -0.39 is 0 Å². The number of halogens is 1. The van der Waals surface area contributed by atoms with Gasteiger partial charge in [0.1, 0.15) is 0 Å². The van der Waals surface area contributed by atoms with Crippen molar-refractivity contribution >= 4 is 39.8 Å². The van der Waals surface area contributed by atoms with Gasteiger partial charge in [-0.05, 0) is 37.4 Å². The number of hydrogen-bond donors (Lipinski definition) is 1. The molecule has 1 aliphatic heterocycles. The Morgan fingerprint density at radius 3 is 2.67 bits per heavy atom. The minimum Gasteiger partial charge on any atom is -0.367 e. The van der Waals surface area contributed by atoms with Gasteiger partial charge in [-0.3, -0.25) is 9.78 Å². The van der Waals surface area contributed by atoms with Crippen LogP contribution in [0.25, 0.3) is 10.9 Å². The van der Waals surface area contributed by atoms with Gasteiger partial charge in [-0.15, -0.1) is 0 Å². The molecular formula is C21H21ClN4O. The maximum atomic E-state index is 13.0. The van der Waals surface area contributed by atoms with Crippen LogP contribution in [-0.2, 0) is 0 Å². The molecule has 6 heteroatoms. The van der Waals surface area contributed by atoms with Gasteiger partial charge in [0.15, 0.2) is 0 Å². The number of amides is 1. The van der Waals surface area contributed by atoms with Crippen LogP contribution in [0.1, 0.15) is 10.4 Å². The number of aromatic nitrogens is 1. The minimum absolute atomic E-state index is 0.161. The van der Waals surface area contributed by atoms with E-state index in [1.807, 2.05) is 42.5 Å². The predicted molar refractivity (Wildman–Crippen MR) is 111 cm³/mol. The van der Waals surface area contributed by atoms with Crippen LogP contribution >= 0.6 is 11.6 Å². The van der Waals surface area contributed by atoms with Crippen molar-refractivity contribution in [1.29, 1.82) is 0 Å². The van der Waals surface area contributed by atoms with E-state index >= 15 is 0 Å². The third-order valence-corrected chi connectivity index (χ3v) is 5.18. The molecular weight excluding hydrogens is 360 g/mol. The summed E-state index contributed by atoms with van der Waals surface area (Å²) >= 11 is 6.22. The molecule has 1 N–H and O–H groups in total. The number of nitrogens with one attached hydrogen (secondary N) is 1. The van der Waals surface area contributed by atoms with E-state index in [4.69, 9.17) is 11.6 Å². The second-order valence-corrected chi connectivity index (χ2v) is 7.22. The van der Waals surface area contributed by atoms with Crippen molar-refractivity contribution in [1.82, 2.24) is 9.88 Å². The number of carbonyl (C=O) groups excluding carboxylic acids is 1. The van der Waals surface area contributed by atoms with Gasteiger partial charge in [-0.1, -0.05) is 29.8 Å². The molecule has 2 aromatic carbocycles. The highest BCUT2D eigenvalue weighted by Crippen LogP contribution is 2.31. The number of fused-ring (bicyclic) bond motifs is 1. The molecule has 4 rings (SSSR count). The molecule has 1 amide bonds. The molecule has 0 saturated carbocycles. The fraction of sp³-hybridized carbons (Fsp3) is 0.238. The van der Waals surface area contributed by atoms with E-state index in [-0.39, 0.29) is 5.91 Å². The van der Waals surface area contributed by atoms with Crippen molar-refractivity contribution in [2.45, 2.75) is 0 Å². The Morgan fingerprint density at radius 1 is 1.07 bits per heavy atom. The highest BCUT2D eigenvalue weighted by atomic mass is 35.5. The molecule has 5 nitrogen and oxygen atoms in total. The monoisotopic (exact) mass is 380 g/mol. The van der Waals surface area contributed by atoms with Crippen LogP contribution in [0, 0.1) is 0 Å². The van der Waals surface area contributed by atoms with Crippen molar-refractivity contribution < 1.29 is 4.79 Å². The Morgan fingerprint density at radius 2 is 1.85 bits per heavy atom. The van der Waals surface area contributed by atoms with Crippen LogP contribution in [0.5, 0.6) is 0 Å². The lowest BCUT2D eigenvalue weighted by molar-refractivity contribution is 0.102. The summed E-state index contributed by atoms with van der Waals surface area (Å²) in [5, 5.41) is 4.50. The molecule has 1 saturated heterocycles. The third-order valence-electron chi connectivity index (χ3n) is 4.94. The summed E-state index contributed by atoms with van der Waals surface area (Å²) in [5.74, 6) is -0.161. The molecule has 138 valence electrons. The molecule has 0 bridgehead atoms. The molecule has 1 aromatic heterocycles. The van der Waals surface area contributed by atoms with Crippen molar-refractivity contribution in [3.05, 3.63) is 65.3 Å². The average molecular weight is 381 g/mol. The summed E-state index contributed by atoms with van der Waals surface area (Å²) in [7, 11) is 2.12. The summed E-state index contributed by atoms with van der Waals surface area (Å²) in [4.78, 5) is 21.9. The number of pyridine rings is 1. The van der Waals surface area contributed by atoms with Gasteiger partial charge in [0.05, 0.1) is 22.5 Å². The van der Waals surface area contributed by atoms with Gasteiger partial charge in [0.25, 0.3) is 5.91 Å². The predicted octanol–water partition coefficient (Wildman–Crippen LogP) is 3.89. The van der Waals surface area contributed by atoms with E-state index in [1.54, 1.807) is 12.3 Å². The zero-order chi connectivity index (χ0) is 18.8. The zero-order valence-corrected chi connectivity index (χ0v) is 15.9. The molecule has 0 atom stereocenters. The molecule has 27 heavy (non-hydrogen) atoms. The molecule has 2 heterocycles. The Kier molecular flexibility index (Phi) is 4.97. The first-order valence-electron chi connectivity index (χ1n) is 9.00. The van der Waals surface area contributed by atoms with Gasteiger partial charge in [0, 0.05) is 42.8 Å². The van der Waals surface area contributed by atoms with E-state index in [1.165, 1.54) is 0 Å². The lowest BCUT2D eigenvalue weighted by Crippen LogP contribution is -2.44. The Labute approximate surface area is 163 Å². The Bertz CT molecular complexity index is 978. The molecule has 3 aromatic rings. The molecule has 0 radical (unpaired) electrons. The van der Waals surface area contributed by atoms with Crippen molar-refractivity contribution in [3.63, 3.8) is 0 Å². The number of para-hydroxylation sites is 1. The first-order chi connectivity index (χ1) is 13.1. The van der Waals surface area contributed by atoms with Gasteiger partial charge in [0.2, 0.25) is 0 Å². The maximum Gasteiger partial charge on any atom is 0.256 e. The number of likely N-dealkylation sites (N-methyl/N-ethyl adjacent to an activating group) is 1.